The number of hydrogen-bond donors (Lipinski definition) is 1. The number of alkyl halides is 6. The Balaban J connectivity index is 2.26. The number of carboxylic acid groups (broad SMARTS) is 1. The van der Waals surface area contributed by atoms with Gasteiger partial charge in [-0.05, 0) is 88.0 Å². The summed E-state index contributed by atoms with van der Waals surface area (Å²) < 4.78 is 118. The molecule has 0 spiro atoms. The van der Waals surface area contributed by atoms with Crippen molar-refractivity contribution in [3.63, 3.8) is 0 Å². The summed E-state index contributed by atoms with van der Waals surface area (Å²) in [4.78, 5) is 40.9. The standard InChI is InChI=1S/C36H40F8N2O4/c1-19(2)13-27(46-18-22(11-8-12-45(5)6)25(17-29(46)48)35(39,40)41)28(47)14-23(15-30(49)50)32-33(37)24(16-26(34(32)38)36(42,43)44)31-20(3)9-7-10-21(31)4/h7,9-10,16-19,23,27H,8,11-15H2,1-6H3,(H,49,50)/t23-,27?/m0/s1. The maximum atomic E-state index is 16.4. The molecule has 0 radical (unpaired) electrons. The minimum Gasteiger partial charge on any atom is -0.481 e. The number of hydrogen-bond acceptors (Lipinski definition) is 4. The summed E-state index contributed by atoms with van der Waals surface area (Å²) in [5, 5.41) is 9.71. The number of carbonyl (C=O) groups is 2. The zero-order valence-corrected chi connectivity index (χ0v) is 28.5. The number of nitrogens with zero attached hydrogens (tertiary/aromatic N) is 2. The third-order valence-electron chi connectivity index (χ3n) is 8.49. The van der Waals surface area contributed by atoms with Crippen molar-refractivity contribution in [2.24, 2.45) is 5.92 Å². The molecular weight excluding hydrogens is 676 g/mol. The highest BCUT2D eigenvalue weighted by Gasteiger charge is 2.41. The van der Waals surface area contributed by atoms with Crippen molar-refractivity contribution in [3.8, 4) is 11.1 Å². The van der Waals surface area contributed by atoms with E-state index in [1.54, 1.807) is 38.9 Å². The van der Waals surface area contributed by atoms with Crippen LogP contribution in [0.5, 0.6) is 0 Å². The van der Waals surface area contributed by atoms with E-state index in [0.29, 0.717) is 29.8 Å². The molecule has 1 unspecified atom stereocenters. The van der Waals surface area contributed by atoms with Gasteiger partial charge in [-0.15, -0.1) is 0 Å². The average molecular weight is 717 g/mol. The Kier molecular flexibility index (Phi) is 12.8. The van der Waals surface area contributed by atoms with Crippen LogP contribution in [0.25, 0.3) is 11.1 Å². The normalized spacial score (nSPS) is 13.6. The summed E-state index contributed by atoms with van der Waals surface area (Å²) in [5.41, 5.74) is -5.73. The van der Waals surface area contributed by atoms with E-state index < -0.39 is 88.4 Å². The second-order valence-corrected chi connectivity index (χ2v) is 13.3. The zero-order chi connectivity index (χ0) is 37.9. The van der Waals surface area contributed by atoms with Crippen molar-refractivity contribution < 1.29 is 49.8 Å². The summed E-state index contributed by atoms with van der Waals surface area (Å²) in [7, 11) is 3.44. The van der Waals surface area contributed by atoms with Crippen molar-refractivity contribution in [1.29, 1.82) is 0 Å². The number of carbonyl (C=O) groups excluding carboxylic acids is 1. The van der Waals surface area contributed by atoms with Crippen molar-refractivity contribution in [3.05, 3.63) is 91.9 Å². The SMILES string of the molecule is Cc1cccc(C)c1-c1cc(C(F)(F)F)c(F)c([C@H](CC(=O)O)CC(=O)C(CC(C)C)n2cc(CCCN(C)C)c(C(F)(F)F)cc2=O)c1F. The van der Waals surface area contributed by atoms with E-state index in [0.717, 1.165) is 10.8 Å². The Morgan fingerprint density at radius 2 is 1.48 bits per heavy atom. The van der Waals surface area contributed by atoms with Gasteiger partial charge in [0.25, 0.3) is 5.56 Å². The first-order valence-corrected chi connectivity index (χ1v) is 15.9. The molecule has 0 aliphatic heterocycles. The lowest BCUT2D eigenvalue weighted by atomic mass is 9.83. The summed E-state index contributed by atoms with van der Waals surface area (Å²) in [6.07, 6.45) is -11.5. The molecular formula is C36H40F8N2O4. The molecule has 0 bridgehead atoms. The van der Waals surface area contributed by atoms with E-state index in [1.807, 2.05) is 0 Å². The number of aryl methyl sites for hydroxylation is 3. The number of pyridine rings is 1. The number of benzene rings is 2. The van der Waals surface area contributed by atoms with E-state index in [-0.39, 0.29) is 36.3 Å². The molecule has 2 atom stereocenters. The van der Waals surface area contributed by atoms with Gasteiger partial charge in [-0.1, -0.05) is 32.0 Å². The predicted molar refractivity (Wildman–Crippen MR) is 172 cm³/mol. The lowest BCUT2D eigenvalue weighted by Crippen LogP contribution is -2.33. The van der Waals surface area contributed by atoms with Gasteiger partial charge in [0.1, 0.15) is 11.6 Å². The molecule has 0 amide bonds. The molecule has 3 aromatic rings. The second kappa shape index (κ2) is 15.9. The minimum absolute atomic E-state index is 0.0212. The molecule has 1 aromatic heterocycles. The second-order valence-electron chi connectivity index (χ2n) is 13.3. The Bertz CT molecular complexity index is 1760. The fourth-order valence-corrected chi connectivity index (χ4v) is 6.24. The zero-order valence-electron chi connectivity index (χ0n) is 28.5. The first kappa shape index (κ1) is 40.4. The fraction of sp³-hybridized carbons (Fsp3) is 0.472. The van der Waals surface area contributed by atoms with Crippen molar-refractivity contribution in [1.82, 2.24) is 9.47 Å². The number of aliphatic carboxylic acids is 1. The Hall–Kier alpha value is -4.07. The van der Waals surface area contributed by atoms with Crippen LogP contribution in [0.2, 0.25) is 0 Å². The number of rotatable bonds is 14. The van der Waals surface area contributed by atoms with Crippen LogP contribution in [0.4, 0.5) is 35.1 Å². The van der Waals surface area contributed by atoms with E-state index >= 15 is 8.78 Å². The maximum Gasteiger partial charge on any atom is 0.419 e. The number of halogens is 8. The van der Waals surface area contributed by atoms with Crippen LogP contribution in [-0.4, -0.2) is 47.0 Å². The van der Waals surface area contributed by atoms with Crippen LogP contribution in [0.3, 0.4) is 0 Å². The Labute approximate surface area is 284 Å². The number of carboxylic acids is 1. The minimum atomic E-state index is -5.34. The van der Waals surface area contributed by atoms with Crippen LogP contribution >= 0.6 is 0 Å². The van der Waals surface area contributed by atoms with Gasteiger partial charge in [0, 0.05) is 35.7 Å². The van der Waals surface area contributed by atoms with Crippen molar-refractivity contribution in [2.45, 2.75) is 84.1 Å². The third-order valence-corrected chi connectivity index (χ3v) is 8.49. The highest BCUT2D eigenvalue weighted by Crippen LogP contribution is 2.43. The van der Waals surface area contributed by atoms with E-state index in [9.17, 15) is 45.8 Å². The van der Waals surface area contributed by atoms with Gasteiger partial charge in [0.2, 0.25) is 0 Å². The van der Waals surface area contributed by atoms with Gasteiger partial charge in [-0.3, -0.25) is 14.4 Å². The predicted octanol–water partition coefficient (Wildman–Crippen LogP) is 8.75. The lowest BCUT2D eigenvalue weighted by Gasteiger charge is -2.26. The van der Waals surface area contributed by atoms with E-state index in [2.05, 4.69) is 0 Å². The quantitative estimate of drug-likeness (QED) is 0.169. The molecule has 3 rings (SSSR count). The van der Waals surface area contributed by atoms with Crippen molar-refractivity contribution >= 4 is 11.8 Å². The van der Waals surface area contributed by atoms with Crippen LogP contribution in [0, 0.1) is 31.4 Å². The van der Waals surface area contributed by atoms with Gasteiger partial charge < -0.3 is 14.6 Å². The Morgan fingerprint density at radius 3 is 1.98 bits per heavy atom. The monoisotopic (exact) mass is 716 g/mol. The molecule has 50 heavy (non-hydrogen) atoms. The molecule has 0 aliphatic rings. The molecule has 1 heterocycles. The first-order valence-electron chi connectivity index (χ1n) is 15.9. The largest absolute Gasteiger partial charge is 0.481 e. The topological polar surface area (TPSA) is 79.6 Å². The molecule has 0 fully saturated rings. The molecule has 0 saturated heterocycles. The Morgan fingerprint density at radius 1 is 0.900 bits per heavy atom. The van der Waals surface area contributed by atoms with Crippen LogP contribution in [0.15, 0.2) is 41.3 Å². The number of ketones is 1. The lowest BCUT2D eigenvalue weighted by molar-refractivity contribution is -0.140. The van der Waals surface area contributed by atoms with Gasteiger partial charge in [0.15, 0.2) is 5.78 Å². The molecule has 2 aromatic carbocycles. The van der Waals surface area contributed by atoms with Gasteiger partial charge in [-0.2, -0.15) is 26.3 Å². The third kappa shape index (κ3) is 9.58. The van der Waals surface area contributed by atoms with Gasteiger partial charge in [-0.25, -0.2) is 8.78 Å². The molecule has 1 N–H and O–H groups in total. The molecule has 0 aliphatic carbocycles. The highest BCUT2D eigenvalue weighted by molar-refractivity contribution is 5.84. The molecule has 14 heteroatoms. The first-order chi connectivity index (χ1) is 23.0. The van der Waals surface area contributed by atoms with Crippen LogP contribution < -0.4 is 5.56 Å². The smallest absolute Gasteiger partial charge is 0.419 e. The van der Waals surface area contributed by atoms with E-state index in [1.165, 1.54) is 26.0 Å². The molecule has 274 valence electrons. The number of Topliss-reactive ketones (excluding diaryl/α,β-unsaturated/α-hetero) is 1. The molecule has 0 saturated carbocycles. The summed E-state index contributed by atoms with van der Waals surface area (Å²) in [6, 6.07) is 3.74. The van der Waals surface area contributed by atoms with Gasteiger partial charge in [0.05, 0.1) is 23.6 Å². The van der Waals surface area contributed by atoms with Crippen LogP contribution in [0.1, 0.15) is 84.9 Å². The van der Waals surface area contributed by atoms with Gasteiger partial charge >= 0.3 is 18.3 Å². The van der Waals surface area contributed by atoms with E-state index in [4.69, 9.17) is 0 Å². The molecule has 6 nitrogen and oxygen atoms in total. The van der Waals surface area contributed by atoms with Crippen LogP contribution in [-0.2, 0) is 28.4 Å². The summed E-state index contributed by atoms with van der Waals surface area (Å²) in [5.74, 6) is -8.59. The highest BCUT2D eigenvalue weighted by atomic mass is 19.4. The summed E-state index contributed by atoms with van der Waals surface area (Å²) in [6.45, 7) is 6.70. The van der Waals surface area contributed by atoms with Crippen molar-refractivity contribution in [2.75, 3.05) is 20.6 Å². The maximum absolute atomic E-state index is 16.4. The summed E-state index contributed by atoms with van der Waals surface area (Å²) >= 11 is 0. The number of aromatic nitrogens is 1. The average Bonchev–Trinajstić information content (AvgIpc) is 2.95. The fourth-order valence-electron chi connectivity index (χ4n) is 6.24.